The minimum Gasteiger partial charge on any atom is -0.489 e. The van der Waals surface area contributed by atoms with E-state index in [-0.39, 0.29) is 0 Å². The van der Waals surface area contributed by atoms with Crippen LogP contribution in [0.3, 0.4) is 0 Å². The zero-order valence-electron chi connectivity index (χ0n) is 12.0. The SMILES string of the molecule is CCC(Oc1ccc(OCc2ccccc2)cc1)C(N)=O. The number of carbonyl (C=O) groups excluding carboxylic acids is 1. The van der Waals surface area contributed by atoms with Crippen molar-refractivity contribution in [3.63, 3.8) is 0 Å². The number of amides is 1. The zero-order valence-corrected chi connectivity index (χ0v) is 12.0. The molecule has 1 atom stereocenters. The maximum Gasteiger partial charge on any atom is 0.258 e. The summed E-state index contributed by atoms with van der Waals surface area (Å²) in [4.78, 5) is 11.1. The lowest BCUT2D eigenvalue weighted by atomic mass is 10.2. The summed E-state index contributed by atoms with van der Waals surface area (Å²) in [6.07, 6.45) is -0.0530. The molecule has 0 aliphatic rings. The number of hydrogen-bond acceptors (Lipinski definition) is 3. The van der Waals surface area contributed by atoms with Gasteiger partial charge in [-0.25, -0.2) is 0 Å². The molecule has 110 valence electrons. The van der Waals surface area contributed by atoms with Crippen molar-refractivity contribution >= 4 is 5.91 Å². The number of hydrogen-bond donors (Lipinski definition) is 1. The fourth-order valence-electron chi connectivity index (χ4n) is 1.86. The molecule has 1 unspecified atom stereocenters. The average Bonchev–Trinajstić information content (AvgIpc) is 2.52. The summed E-state index contributed by atoms with van der Waals surface area (Å²) in [5.74, 6) is 0.896. The van der Waals surface area contributed by atoms with Crippen molar-refractivity contribution in [2.75, 3.05) is 0 Å². The Morgan fingerprint density at radius 2 is 1.67 bits per heavy atom. The molecule has 2 aromatic rings. The Kier molecular flexibility index (Phi) is 5.21. The fourth-order valence-corrected chi connectivity index (χ4v) is 1.86. The van der Waals surface area contributed by atoms with Gasteiger partial charge < -0.3 is 15.2 Å². The third-order valence-electron chi connectivity index (χ3n) is 3.04. The lowest BCUT2D eigenvalue weighted by Gasteiger charge is -2.14. The first-order chi connectivity index (χ1) is 10.2. The molecule has 0 spiro atoms. The number of ether oxygens (including phenoxy) is 2. The van der Waals surface area contributed by atoms with Gasteiger partial charge in [-0.2, -0.15) is 0 Å². The van der Waals surface area contributed by atoms with Crippen LogP contribution in [0.2, 0.25) is 0 Å². The van der Waals surface area contributed by atoms with Crippen LogP contribution in [-0.2, 0) is 11.4 Å². The maximum atomic E-state index is 11.1. The average molecular weight is 285 g/mol. The van der Waals surface area contributed by atoms with Crippen molar-refractivity contribution < 1.29 is 14.3 Å². The highest BCUT2D eigenvalue weighted by atomic mass is 16.5. The number of benzene rings is 2. The summed E-state index contributed by atoms with van der Waals surface area (Å²) >= 11 is 0. The van der Waals surface area contributed by atoms with E-state index in [9.17, 15) is 4.79 Å². The molecule has 1 amide bonds. The van der Waals surface area contributed by atoms with E-state index < -0.39 is 12.0 Å². The molecule has 0 aromatic heterocycles. The van der Waals surface area contributed by atoms with Crippen molar-refractivity contribution in [1.29, 1.82) is 0 Å². The van der Waals surface area contributed by atoms with Gasteiger partial charge in [-0.3, -0.25) is 4.79 Å². The predicted molar refractivity (Wildman–Crippen MR) is 81.1 cm³/mol. The second-order valence-electron chi connectivity index (χ2n) is 4.66. The van der Waals surface area contributed by atoms with Crippen molar-refractivity contribution in [2.24, 2.45) is 5.73 Å². The monoisotopic (exact) mass is 285 g/mol. The minimum absolute atomic E-state index is 0.457. The molecule has 0 saturated carbocycles. The molecule has 0 fully saturated rings. The van der Waals surface area contributed by atoms with Crippen LogP contribution in [-0.4, -0.2) is 12.0 Å². The molecule has 2 aromatic carbocycles. The third-order valence-corrected chi connectivity index (χ3v) is 3.04. The molecule has 21 heavy (non-hydrogen) atoms. The summed E-state index contributed by atoms with van der Waals surface area (Å²) in [7, 11) is 0. The molecule has 4 nitrogen and oxygen atoms in total. The molecule has 2 N–H and O–H groups in total. The maximum absolute atomic E-state index is 11.1. The van der Waals surface area contributed by atoms with Crippen LogP contribution in [0.5, 0.6) is 11.5 Å². The van der Waals surface area contributed by atoms with E-state index in [2.05, 4.69) is 0 Å². The Morgan fingerprint density at radius 3 is 2.24 bits per heavy atom. The highest BCUT2D eigenvalue weighted by Crippen LogP contribution is 2.20. The highest BCUT2D eigenvalue weighted by Gasteiger charge is 2.14. The summed E-state index contributed by atoms with van der Waals surface area (Å²) in [6.45, 7) is 2.37. The van der Waals surface area contributed by atoms with Crippen molar-refractivity contribution in [2.45, 2.75) is 26.1 Å². The second-order valence-corrected chi connectivity index (χ2v) is 4.66. The van der Waals surface area contributed by atoms with Gasteiger partial charge in [0.05, 0.1) is 0 Å². The van der Waals surface area contributed by atoms with Crippen LogP contribution in [0.4, 0.5) is 0 Å². The Bertz CT molecular complexity index is 566. The van der Waals surface area contributed by atoms with Crippen LogP contribution < -0.4 is 15.2 Å². The standard InChI is InChI=1S/C17H19NO3/c1-2-16(17(18)19)21-15-10-8-14(9-11-15)20-12-13-6-4-3-5-7-13/h3-11,16H,2,12H2,1H3,(H2,18,19). The van der Waals surface area contributed by atoms with Crippen molar-refractivity contribution in [3.05, 3.63) is 60.2 Å². The molecular formula is C17H19NO3. The first kappa shape index (κ1) is 14.9. The molecule has 0 heterocycles. The van der Waals surface area contributed by atoms with E-state index in [1.807, 2.05) is 49.4 Å². The summed E-state index contributed by atoms with van der Waals surface area (Å²) in [5.41, 5.74) is 6.36. The van der Waals surface area contributed by atoms with E-state index in [0.717, 1.165) is 11.3 Å². The number of rotatable bonds is 7. The summed E-state index contributed by atoms with van der Waals surface area (Å²) in [6, 6.07) is 17.1. The van der Waals surface area contributed by atoms with E-state index in [1.54, 1.807) is 12.1 Å². The lowest BCUT2D eigenvalue weighted by molar-refractivity contribution is -0.124. The molecule has 0 saturated heterocycles. The number of carbonyl (C=O) groups is 1. The first-order valence-corrected chi connectivity index (χ1v) is 6.92. The zero-order chi connectivity index (χ0) is 15.1. The quantitative estimate of drug-likeness (QED) is 0.850. The second kappa shape index (κ2) is 7.33. The van der Waals surface area contributed by atoms with Crippen molar-refractivity contribution in [1.82, 2.24) is 0 Å². The number of nitrogens with two attached hydrogens (primary N) is 1. The van der Waals surface area contributed by atoms with E-state index >= 15 is 0 Å². The van der Waals surface area contributed by atoms with Gasteiger partial charge in [0.1, 0.15) is 18.1 Å². The van der Waals surface area contributed by atoms with Crippen molar-refractivity contribution in [3.8, 4) is 11.5 Å². The summed E-state index contributed by atoms with van der Waals surface area (Å²) in [5, 5.41) is 0. The van der Waals surface area contributed by atoms with Crippen LogP contribution >= 0.6 is 0 Å². The van der Waals surface area contributed by atoms with E-state index in [4.69, 9.17) is 15.2 Å². The molecule has 0 aliphatic heterocycles. The van der Waals surface area contributed by atoms with Gasteiger partial charge in [0, 0.05) is 0 Å². The van der Waals surface area contributed by atoms with E-state index in [0.29, 0.717) is 18.8 Å². The van der Waals surface area contributed by atoms with Crippen LogP contribution in [0.15, 0.2) is 54.6 Å². The third kappa shape index (κ3) is 4.53. The predicted octanol–water partition coefficient (Wildman–Crippen LogP) is 2.91. The van der Waals surface area contributed by atoms with Crippen LogP contribution in [0.25, 0.3) is 0 Å². The van der Waals surface area contributed by atoms with Crippen LogP contribution in [0.1, 0.15) is 18.9 Å². The smallest absolute Gasteiger partial charge is 0.258 e. The van der Waals surface area contributed by atoms with Gasteiger partial charge in [-0.05, 0) is 36.2 Å². The van der Waals surface area contributed by atoms with Gasteiger partial charge in [-0.15, -0.1) is 0 Å². The highest BCUT2D eigenvalue weighted by molar-refractivity contribution is 5.79. The Hall–Kier alpha value is -2.49. The fraction of sp³-hybridized carbons (Fsp3) is 0.235. The summed E-state index contributed by atoms with van der Waals surface area (Å²) < 4.78 is 11.2. The molecule has 0 bridgehead atoms. The molecule has 2 rings (SSSR count). The Balaban J connectivity index is 1.91. The normalized spacial score (nSPS) is 11.7. The van der Waals surface area contributed by atoms with Crippen LogP contribution in [0, 0.1) is 0 Å². The van der Waals surface area contributed by atoms with Gasteiger partial charge >= 0.3 is 0 Å². The Labute approximate surface area is 124 Å². The Morgan fingerprint density at radius 1 is 1.05 bits per heavy atom. The molecule has 0 radical (unpaired) electrons. The molecule has 4 heteroatoms. The first-order valence-electron chi connectivity index (χ1n) is 6.92. The largest absolute Gasteiger partial charge is 0.489 e. The lowest BCUT2D eigenvalue weighted by Crippen LogP contribution is -2.32. The molecule has 0 aliphatic carbocycles. The molecular weight excluding hydrogens is 266 g/mol. The van der Waals surface area contributed by atoms with E-state index in [1.165, 1.54) is 0 Å². The van der Waals surface area contributed by atoms with Gasteiger partial charge in [-0.1, -0.05) is 37.3 Å². The topological polar surface area (TPSA) is 61.6 Å². The van der Waals surface area contributed by atoms with Gasteiger partial charge in [0.15, 0.2) is 6.10 Å². The van der Waals surface area contributed by atoms with Gasteiger partial charge in [0.2, 0.25) is 0 Å². The van der Waals surface area contributed by atoms with Gasteiger partial charge in [0.25, 0.3) is 5.91 Å². The minimum atomic E-state index is -0.596. The number of primary amides is 1.